The molecule has 0 spiro atoms. The van der Waals surface area contributed by atoms with Gasteiger partial charge in [-0.3, -0.25) is 0 Å². The van der Waals surface area contributed by atoms with Gasteiger partial charge in [0, 0.05) is 22.5 Å². The molecule has 0 aliphatic heterocycles. The molecule has 266 valence electrons. The van der Waals surface area contributed by atoms with Crippen molar-refractivity contribution in [1.82, 2.24) is 0 Å². The number of nitrogens with zero attached hydrogens (tertiary/aromatic N) is 1. The van der Waals surface area contributed by atoms with E-state index in [1.807, 2.05) is 0 Å². The molecule has 0 saturated carbocycles. The smallest absolute Gasteiger partial charge is 0.0714 e. The van der Waals surface area contributed by atoms with E-state index >= 15 is 0 Å². The lowest BCUT2D eigenvalue weighted by atomic mass is 9.67. The molecule has 0 atom stereocenters. The summed E-state index contributed by atoms with van der Waals surface area (Å²) >= 11 is 0. The number of anilines is 3. The largest absolute Gasteiger partial charge is 0.310 e. The second-order valence-corrected chi connectivity index (χ2v) is 16.2. The van der Waals surface area contributed by atoms with Crippen LogP contribution in [-0.4, -0.2) is 0 Å². The molecule has 2 aliphatic carbocycles. The molecule has 9 aromatic carbocycles. The molecular weight excluding hydrogens is 675 g/mol. The standard InChI is InChI=1S/C55H41N/c1-36-16-10-15-25-53(36)56(43-27-26-39-32-48-47-31-37-17-11-12-18-38(37)33-50(47)54(2,3)51(48)34-40(39)30-43)44-28-29-46-45-23-13-14-24-49(45)55(52(46)35-44,41-19-6-4-7-20-41)42-21-8-5-9-22-42/h4-35H,1-3H3. The van der Waals surface area contributed by atoms with Gasteiger partial charge in [0.1, 0.15) is 0 Å². The van der Waals surface area contributed by atoms with Crippen molar-refractivity contribution >= 4 is 38.6 Å². The van der Waals surface area contributed by atoms with E-state index in [2.05, 4.69) is 220 Å². The predicted molar refractivity (Wildman–Crippen MR) is 236 cm³/mol. The number of hydrogen-bond donors (Lipinski definition) is 0. The molecule has 0 radical (unpaired) electrons. The number of aryl methyl sites for hydroxylation is 1. The number of fused-ring (bicyclic) bond motifs is 8. The van der Waals surface area contributed by atoms with Gasteiger partial charge in [-0.2, -0.15) is 0 Å². The van der Waals surface area contributed by atoms with Crippen molar-refractivity contribution in [2.24, 2.45) is 0 Å². The van der Waals surface area contributed by atoms with Crippen LogP contribution in [0, 0.1) is 6.92 Å². The van der Waals surface area contributed by atoms with Crippen molar-refractivity contribution < 1.29 is 0 Å². The molecule has 0 saturated heterocycles. The zero-order valence-electron chi connectivity index (χ0n) is 31.9. The summed E-state index contributed by atoms with van der Waals surface area (Å²) < 4.78 is 0. The number of benzene rings is 9. The summed E-state index contributed by atoms with van der Waals surface area (Å²) in [5.41, 5.74) is 17.3. The zero-order chi connectivity index (χ0) is 37.6. The Morgan fingerprint density at radius 2 is 0.875 bits per heavy atom. The Bertz CT molecular complexity index is 2970. The Morgan fingerprint density at radius 1 is 0.357 bits per heavy atom. The van der Waals surface area contributed by atoms with Gasteiger partial charge in [-0.15, -0.1) is 0 Å². The maximum Gasteiger partial charge on any atom is 0.0714 e. The SMILES string of the molecule is Cc1ccccc1N(c1ccc2c(c1)C(c1ccccc1)(c1ccccc1)c1ccccc1-2)c1ccc2cc3c(cc2c1)C(C)(C)c1cc2ccccc2cc1-3. The first-order valence-corrected chi connectivity index (χ1v) is 19.8. The van der Waals surface area contributed by atoms with E-state index in [0.717, 1.165) is 11.4 Å². The molecule has 2 aliphatic rings. The third-order valence-corrected chi connectivity index (χ3v) is 12.8. The van der Waals surface area contributed by atoms with E-state index in [-0.39, 0.29) is 5.41 Å². The molecule has 0 unspecified atom stereocenters. The summed E-state index contributed by atoms with van der Waals surface area (Å²) in [5, 5.41) is 5.10. The third-order valence-electron chi connectivity index (χ3n) is 12.8. The van der Waals surface area contributed by atoms with Crippen LogP contribution < -0.4 is 4.90 Å². The molecular formula is C55H41N. The first kappa shape index (κ1) is 32.7. The topological polar surface area (TPSA) is 3.24 Å². The van der Waals surface area contributed by atoms with Crippen LogP contribution in [0.2, 0.25) is 0 Å². The summed E-state index contributed by atoms with van der Waals surface area (Å²) in [6.45, 7) is 6.99. The van der Waals surface area contributed by atoms with Crippen molar-refractivity contribution in [3.8, 4) is 22.3 Å². The molecule has 56 heavy (non-hydrogen) atoms. The number of hydrogen-bond acceptors (Lipinski definition) is 1. The van der Waals surface area contributed by atoms with Gasteiger partial charge in [0.25, 0.3) is 0 Å². The van der Waals surface area contributed by atoms with Gasteiger partial charge in [0.2, 0.25) is 0 Å². The minimum atomic E-state index is -0.475. The molecule has 1 nitrogen and oxygen atoms in total. The molecule has 0 heterocycles. The van der Waals surface area contributed by atoms with Crippen molar-refractivity contribution in [3.05, 3.63) is 233 Å². The van der Waals surface area contributed by atoms with Gasteiger partial charge in [0.05, 0.1) is 5.41 Å². The highest BCUT2D eigenvalue weighted by molar-refractivity contribution is 6.00. The summed E-state index contributed by atoms with van der Waals surface area (Å²) in [5.74, 6) is 0. The van der Waals surface area contributed by atoms with Gasteiger partial charge >= 0.3 is 0 Å². The third kappa shape index (κ3) is 4.61. The normalized spacial score (nSPS) is 14.3. The minimum absolute atomic E-state index is 0.109. The quantitative estimate of drug-likeness (QED) is 0.171. The van der Waals surface area contributed by atoms with Gasteiger partial charge in [-0.05, 0) is 144 Å². The summed E-state index contributed by atoms with van der Waals surface area (Å²) in [4.78, 5) is 2.47. The van der Waals surface area contributed by atoms with Gasteiger partial charge in [-0.1, -0.05) is 153 Å². The van der Waals surface area contributed by atoms with Crippen molar-refractivity contribution in [1.29, 1.82) is 0 Å². The molecule has 0 N–H and O–H groups in total. The molecule has 0 fully saturated rings. The second kappa shape index (κ2) is 12.2. The maximum atomic E-state index is 2.47. The van der Waals surface area contributed by atoms with Crippen molar-refractivity contribution in [2.45, 2.75) is 31.6 Å². The second-order valence-electron chi connectivity index (χ2n) is 16.2. The Labute approximate surface area is 329 Å². The first-order chi connectivity index (χ1) is 27.4. The van der Waals surface area contributed by atoms with E-state index in [1.165, 1.54) is 88.4 Å². The summed E-state index contributed by atoms with van der Waals surface area (Å²) in [7, 11) is 0. The highest BCUT2D eigenvalue weighted by atomic mass is 15.1. The summed E-state index contributed by atoms with van der Waals surface area (Å²) in [6, 6.07) is 72.6. The molecule has 0 bridgehead atoms. The molecule has 0 amide bonds. The van der Waals surface area contributed by atoms with Crippen LogP contribution in [0.4, 0.5) is 17.1 Å². The van der Waals surface area contributed by atoms with Crippen LogP contribution in [0.1, 0.15) is 52.8 Å². The predicted octanol–water partition coefficient (Wildman–Crippen LogP) is 14.4. The zero-order valence-corrected chi connectivity index (χ0v) is 31.9. The highest BCUT2D eigenvalue weighted by Crippen LogP contribution is 2.57. The van der Waals surface area contributed by atoms with E-state index in [4.69, 9.17) is 0 Å². The Morgan fingerprint density at radius 3 is 1.57 bits per heavy atom. The van der Waals surface area contributed by atoms with Crippen LogP contribution >= 0.6 is 0 Å². The molecule has 1 heteroatoms. The molecule has 9 aromatic rings. The molecule has 11 rings (SSSR count). The average Bonchev–Trinajstić information content (AvgIpc) is 3.65. The highest BCUT2D eigenvalue weighted by Gasteiger charge is 2.46. The monoisotopic (exact) mass is 715 g/mol. The number of para-hydroxylation sites is 1. The fourth-order valence-electron chi connectivity index (χ4n) is 10.1. The number of rotatable bonds is 5. The van der Waals surface area contributed by atoms with Crippen LogP contribution in [0.5, 0.6) is 0 Å². The van der Waals surface area contributed by atoms with Crippen LogP contribution in [0.3, 0.4) is 0 Å². The lowest BCUT2D eigenvalue weighted by Crippen LogP contribution is -2.28. The van der Waals surface area contributed by atoms with E-state index in [9.17, 15) is 0 Å². The minimum Gasteiger partial charge on any atom is -0.310 e. The van der Waals surface area contributed by atoms with Crippen LogP contribution in [0.15, 0.2) is 194 Å². The maximum absolute atomic E-state index is 2.47. The van der Waals surface area contributed by atoms with E-state index in [0.29, 0.717) is 0 Å². The van der Waals surface area contributed by atoms with Crippen molar-refractivity contribution in [3.63, 3.8) is 0 Å². The lowest BCUT2D eigenvalue weighted by molar-refractivity contribution is 0.662. The Hall–Kier alpha value is -6.70. The van der Waals surface area contributed by atoms with Crippen LogP contribution in [0.25, 0.3) is 43.8 Å². The average molecular weight is 716 g/mol. The summed E-state index contributed by atoms with van der Waals surface area (Å²) in [6.07, 6.45) is 0. The van der Waals surface area contributed by atoms with Crippen molar-refractivity contribution in [2.75, 3.05) is 4.90 Å². The lowest BCUT2D eigenvalue weighted by Gasteiger charge is -2.35. The van der Waals surface area contributed by atoms with Gasteiger partial charge in [-0.25, -0.2) is 0 Å². The van der Waals surface area contributed by atoms with Crippen LogP contribution in [-0.2, 0) is 10.8 Å². The fourth-order valence-corrected chi connectivity index (χ4v) is 10.1. The van der Waals surface area contributed by atoms with E-state index < -0.39 is 5.41 Å². The van der Waals surface area contributed by atoms with E-state index in [1.54, 1.807) is 0 Å². The first-order valence-electron chi connectivity index (χ1n) is 19.8. The Kier molecular flexibility index (Phi) is 7.10. The Balaban J connectivity index is 1.13. The van der Waals surface area contributed by atoms with Gasteiger partial charge < -0.3 is 4.90 Å². The van der Waals surface area contributed by atoms with Gasteiger partial charge in [0.15, 0.2) is 0 Å². The molecule has 0 aromatic heterocycles. The fraction of sp³-hybridized carbons (Fsp3) is 0.0909.